The van der Waals surface area contributed by atoms with Crippen LogP contribution in [0.4, 0.5) is 0 Å². The molecule has 0 bridgehead atoms. The molecule has 0 aliphatic heterocycles. The van der Waals surface area contributed by atoms with Crippen LogP contribution in [0.3, 0.4) is 0 Å². The molecule has 69 heavy (non-hydrogen) atoms. The highest BCUT2D eigenvalue weighted by molar-refractivity contribution is 6.34. The van der Waals surface area contributed by atoms with Crippen molar-refractivity contribution in [1.82, 2.24) is 0 Å². The third-order valence-electron chi connectivity index (χ3n) is 11.9. The standard InChI is InChI=1S/C42H28O27/c43-15-8(13-24(52)33(61)37(65)34(62)25(13)53)9-12(23(51)32(60)31(59)22(9)50)16(44)11(15)2-5-3(17(45)27(55)29(57)19(5)47)1(4-6(2)20(48)30(58)28(56)18(4)46)7-10-14-26(54)35(63)38(66)40(68)42(14)69-41(10)39(67)36(64)21(7)49/h24,33,43-68H. The lowest BCUT2D eigenvalue weighted by Crippen LogP contribution is -2.34. The fourth-order valence-corrected chi connectivity index (χ4v) is 8.75. The van der Waals surface area contributed by atoms with Gasteiger partial charge in [0.1, 0.15) is 23.7 Å². The normalized spacial score (nSPS) is 15.5. The third kappa shape index (κ3) is 4.98. The molecule has 0 radical (unpaired) electrons. The summed E-state index contributed by atoms with van der Waals surface area (Å²) in [5.41, 5.74) is -10.9. The van der Waals surface area contributed by atoms with Crippen LogP contribution < -0.4 is 0 Å². The molecule has 9 rings (SSSR count). The van der Waals surface area contributed by atoms with Gasteiger partial charge in [0.25, 0.3) is 0 Å². The summed E-state index contributed by atoms with van der Waals surface area (Å²) in [5, 5.41) is 280. The molecule has 0 amide bonds. The number of aliphatic hydroxyl groups is 5. The molecule has 1 heterocycles. The number of hydrogen-bond donors (Lipinski definition) is 26. The lowest BCUT2D eigenvalue weighted by Gasteiger charge is -2.29. The Morgan fingerprint density at radius 1 is 0.217 bits per heavy atom. The van der Waals surface area contributed by atoms with Gasteiger partial charge in [-0.25, -0.2) is 0 Å². The first-order valence-corrected chi connectivity index (χ1v) is 18.7. The average Bonchev–Trinajstić information content (AvgIpc) is 3.72. The topological polar surface area (TPSA) is 539 Å². The third-order valence-corrected chi connectivity index (χ3v) is 11.9. The van der Waals surface area contributed by atoms with E-state index in [0.29, 0.717) is 0 Å². The Kier molecular flexibility index (Phi) is 8.68. The van der Waals surface area contributed by atoms with Crippen molar-refractivity contribution >= 4 is 59.8 Å². The summed E-state index contributed by atoms with van der Waals surface area (Å²) in [6.07, 6.45) is -5.46. The van der Waals surface area contributed by atoms with Crippen molar-refractivity contribution in [3.05, 3.63) is 22.8 Å². The number of rotatable bonds is 3. The van der Waals surface area contributed by atoms with Crippen molar-refractivity contribution in [3.63, 3.8) is 0 Å². The van der Waals surface area contributed by atoms with Crippen molar-refractivity contribution in [2.24, 2.45) is 0 Å². The van der Waals surface area contributed by atoms with E-state index in [0.717, 1.165) is 0 Å². The van der Waals surface area contributed by atoms with Crippen LogP contribution in [0.5, 0.6) is 121 Å². The molecule has 7 aromatic carbocycles. The Morgan fingerprint density at radius 3 is 0.957 bits per heavy atom. The maximum absolute atomic E-state index is 12.4. The number of aliphatic hydroxyl groups excluding tert-OH is 5. The summed E-state index contributed by atoms with van der Waals surface area (Å²) in [6.45, 7) is 0. The zero-order chi connectivity index (χ0) is 51.0. The summed E-state index contributed by atoms with van der Waals surface area (Å²) < 4.78 is 5.41. The Hall–Kier alpha value is -10.3. The Balaban J connectivity index is 1.69. The summed E-state index contributed by atoms with van der Waals surface area (Å²) in [7, 11) is 0. The molecule has 8 aromatic rings. The van der Waals surface area contributed by atoms with Crippen LogP contribution in [0.2, 0.25) is 0 Å². The molecule has 2 atom stereocenters. The van der Waals surface area contributed by atoms with Gasteiger partial charge in [0.15, 0.2) is 74.4 Å². The second-order valence-electron chi connectivity index (χ2n) is 15.3. The summed E-state index contributed by atoms with van der Waals surface area (Å²) >= 11 is 0. The van der Waals surface area contributed by atoms with Gasteiger partial charge in [-0.1, -0.05) is 0 Å². The van der Waals surface area contributed by atoms with Crippen molar-refractivity contribution in [2.45, 2.75) is 12.2 Å². The van der Waals surface area contributed by atoms with E-state index in [-0.39, 0.29) is 0 Å². The van der Waals surface area contributed by atoms with Gasteiger partial charge < -0.3 is 137 Å². The molecule has 0 saturated heterocycles. The Labute approximate surface area is 374 Å². The SMILES string of the molecule is OC1=C(O)C(O)C(O)C(c2c(O)c(-c3c4c(O)c(O)c(O)c(O)c4c(-c4c(O)c(O)c(O)c5oc6c(O)c(O)c(O)c(O)c6c45)c4c(O)c(O)c(O)c(O)c34)c(O)c3c(O)c(O)c(O)c(O)c23)=C1O. The van der Waals surface area contributed by atoms with Crippen LogP contribution in [0, 0.1) is 0 Å². The van der Waals surface area contributed by atoms with Crippen molar-refractivity contribution in [1.29, 1.82) is 0 Å². The zero-order valence-electron chi connectivity index (χ0n) is 33.2. The van der Waals surface area contributed by atoms with Crippen LogP contribution in [0.25, 0.3) is 82.1 Å². The number of hydrogen-bond acceptors (Lipinski definition) is 27. The first-order chi connectivity index (χ1) is 32.2. The lowest BCUT2D eigenvalue weighted by molar-refractivity contribution is 0.0372. The fourth-order valence-electron chi connectivity index (χ4n) is 8.75. The maximum atomic E-state index is 12.4. The first-order valence-electron chi connectivity index (χ1n) is 18.7. The molecule has 0 spiro atoms. The van der Waals surface area contributed by atoms with E-state index in [1.54, 1.807) is 0 Å². The predicted octanol–water partition coefficient (Wildman–Crippen LogP) is 3.53. The molecule has 0 fully saturated rings. The smallest absolute Gasteiger partial charge is 0.208 e. The van der Waals surface area contributed by atoms with Gasteiger partial charge >= 0.3 is 0 Å². The maximum Gasteiger partial charge on any atom is 0.208 e. The second-order valence-corrected chi connectivity index (χ2v) is 15.3. The van der Waals surface area contributed by atoms with Crippen LogP contribution in [0.15, 0.2) is 21.7 Å². The minimum Gasteiger partial charge on any atom is -0.506 e. The van der Waals surface area contributed by atoms with Gasteiger partial charge in [-0.05, 0) is 0 Å². The number of fused-ring (bicyclic) bond motifs is 6. The predicted molar refractivity (Wildman–Crippen MR) is 226 cm³/mol. The van der Waals surface area contributed by atoms with Crippen molar-refractivity contribution in [2.75, 3.05) is 0 Å². The molecular weight excluding hydrogens is 936 g/mol. The number of aromatic hydroxyl groups is 21. The second kappa shape index (κ2) is 13.6. The van der Waals surface area contributed by atoms with E-state index >= 15 is 0 Å². The van der Waals surface area contributed by atoms with E-state index in [2.05, 4.69) is 0 Å². The molecule has 1 aliphatic carbocycles. The van der Waals surface area contributed by atoms with Crippen LogP contribution in [-0.4, -0.2) is 145 Å². The number of benzene rings is 7. The monoisotopic (exact) mass is 964 g/mol. The molecular formula is C42H28O27. The van der Waals surface area contributed by atoms with E-state index in [4.69, 9.17) is 4.42 Å². The number of phenolic OH excluding ortho intramolecular Hbond substituents is 21. The summed E-state index contributed by atoms with van der Waals surface area (Å²) in [5.74, 6) is -40.3. The van der Waals surface area contributed by atoms with Gasteiger partial charge in [-0.2, -0.15) is 0 Å². The Morgan fingerprint density at radius 2 is 0.536 bits per heavy atom. The Bertz CT molecular complexity index is 3780. The van der Waals surface area contributed by atoms with E-state index in [1.165, 1.54) is 0 Å². The van der Waals surface area contributed by atoms with Crippen LogP contribution >= 0.6 is 0 Å². The lowest BCUT2D eigenvalue weighted by atomic mass is 9.79. The highest BCUT2D eigenvalue weighted by Crippen LogP contribution is 2.68. The number of furan rings is 1. The zero-order valence-corrected chi connectivity index (χ0v) is 33.2. The van der Waals surface area contributed by atoms with Gasteiger partial charge in [0, 0.05) is 60.1 Å². The molecule has 1 aromatic heterocycles. The number of phenols is 21. The van der Waals surface area contributed by atoms with Gasteiger partial charge in [-0.3, -0.25) is 0 Å². The van der Waals surface area contributed by atoms with Crippen LogP contribution in [0.1, 0.15) is 5.56 Å². The largest absolute Gasteiger partial charge is 0.506 e. The minimum absolute atomic E-state index is 1.06. The van der Waals surface area contributed by atoms with Crippen molar-refractivity contribution in [3.8, 4) is 143 Å². The summed E-state index contributed by atoms with van der Waals surface area (Å²) in [4.78, 5) is 0. The van der Waals surface area contributed by atoms with Gasteiger partial charge in [0.05, 0.1) is 16.3 Å². The quantitative estimate of drug-likeness (QED) is 0.0684. The fraction of sp³-hybridized carbons (Fsp3) is 0.0476. The minimum atomic E-state index is -2.79. The molecule has 1 aliphatic rings. The summed E-state index contributed by atoms with van der Waals surface area (Å²) in [6, 6.07) is 0. The van der Waals surface area contributed by atoms with E-state index in [9.17, 15) is 133 Å². The highest BCUT2D eigenvalue weighted by Gasteiger charge is 2.44. The molecule has 27 nitrogen and oxygen atoms in total. The highest BCUT2D eigenvalue weighted by atomic mass is 16.4. The molecule has 358 valence electrons. The molecule has 2 unspecified atom stereocenters. The molecule has 26 N–H and O–H groups in total. The van der Waals surface area contributed by atoms with Crippen LogP contribution in [-0.2, 0) is 0 Å². The average molecular weight is 965 g/mol. The van der Waals surface area contributed by atoms with E-state index in [1.807, 2.05) is 0 Å². The van der Waals surface area contributed by atoms with Gasteiger partial charge in [-0.15, -0.1) is 0 Å². The van der Waals surface area contributed by atoms with Crippen molar-refractivity contribution < 1.29 is 137 Å². The van der Waals surface area contributed by atoms with Gasteiger partial charge in [0.2, 0.25) is 63.2 Å². The first kappa shape index (κ1) is 43.9. The molecule has 0 saturated carbocycles. The van der Waals surface area contributed by atoms with E-state index < -0.39 is 238 Å². The molecule has 27 heteroatoms.